The van der Waals surface area contributed by atoms with Gasteiger partial charge in [-0.3, -0.25) is 4.79 Å². The summed E-state index contributed by atoms with van der Waals surface area (Å²) in [5, 5.41) is 13.1. The van der Waals surface area contributed by atoms with Crippen molar-refractivity contribution in [3.05, 3.63) is 0 Å². The van der Waals surface area contributed by atoms with Crippen molar-refractivity contribution in [1.29, 1.82) is 0 Å². The average molecular weight is 227 g/mol. The number of nitrogens with one attached hydrogen (secondary N) is 1. The van der Waals surface area contributed by atoms with Crippen molar-refractivity contribution in [2.75, 3.05) is 19.8 Å². The lowest BCUT2D eigenvalue weighted by atomic mass is 9.85. The van der Waals surface area contributed by atoms with Gasteiger partial charge in [-0.05, 0) is 19.3 Å². The Kier molecular flexibility index (Phi) is 3.82. The van der Waals surface area contributed by atoms with Crippen LogP contribution in [0.2, 0.25) is 0 Å². The summed E-state index contributed by atoms with van der Waals surface area (Å²) >= 11 is 0. The molecular formula is C12H21NO3. The number of amides is 1. The van der Waals surface area contributed by atoms with E-state index in [4.69, 9.17) is 4.74 Å². The van der Waals surface area contributed by atoms with Crippen molar-refractivity contribution in [2.24, 2.45) is 5.92 Å². The quantitative estimate of drug-likeness (QED) is 0.751. The second-order valence-electron chi connectivity index (χ2n) is 5.06. The fourth-order valence-corrected chi connectivity index (χ4v) is 2.52. The molecule has 1 unspecified atom stereocenters. The number of hydrogen-bond donors (Lipinski definition) is 2. The van der Waals surface area contributed by atoms with Crippen LogP contribution >= 0.6 is 0 Å². The molecule has 2 N–H and O–H groups in total. The third-order valence-corrected chi connectivity index (χ3v) is 3.68. The lowest BCUT2D eigenvalue weighted by Crippen LogP contribution is -2.45. The highest BCUT2D eigenvalue weighted by molar-refractivity contribution is 5.79. The molecule has 1 saturated carbocycles. The monoisotopic (exact) mass is 227 g/mol. The van der Waals surface area contributed by atoms with E-state index < -0.39 is 5.60 Å². The van der Waals surface area contributed by atoms with Crippen LogP contribution in [0.15, 0.2) is 0 Å². The summed E-state index contributed by atoms with van der Waals surface area (Å²) in [7, 11) is 0. The van der Waals surface area contributed by atoms with Gasteiger partial charge in [0.05, 0.1) is 18.1 Å². The van der Waals surface area contributed by atoms with Crippen LogP contribution in [0, 0.1) is 5.92 Å². The molecule has 2 aliphatic rings. The maximum absolute atomic E-state index is 11.7. The maximum atomic E-state index is 11.7. The SMILES string of the molecule is O=C(NCC1(O)CCCCC1)C1CCOC1. The number of carbonyl (C=O) groups is 1. The van der Waals surface area contributed by atoms with E-state index in [1.54, 1.807) is 0 Å². The first kappa shape index (κ1) is 11.9. The molecule has 92 valence electrons. The number of rotatable bonds is 3. The van der Waals surface area contributed by atoms with Gasteiger partial charge in [0, 0.05) is 13.2 Å². The molecule has 1 saturated heterocycles. The first-order valence-corrected chi connectivity index (χ1v) is 6.27. The largest absolute Gasteiger partial charge is 0.388 e. The Morgan fingerprint density at radius 1 is 1.38 bits per heavy atom. The predicted octanol–water partition coefficient (Wildman–Crippen LogP) is 0.834. The second-order valence-corrected chi connectivity index (χ2v) is 5.06. The number of carbonyl (C=O) groups excluding carboxylic acids is 1. The van der Waals surface area contributed by atoms with Gasteiger partial charge in [0.2, 0.25) is 5.91 Å². The standard InChI is InChI=1S/C12H21NO3/c14-11(10-4-7-16-8-10)13-9-12(15)5-2-1-3-6-12/h10,15H,1-9H2,(H,13,14). The van der Waals surface area contributed by atoms with Crippen LogP contribution in [0.3, 0.4) is 0 Å². The van der Waals surface area contributed by atoms with Crippen molar-refractivity contribution in [2.45, 2.75) is 44.1 Å². The summed E-state index contributed by atoms with van der Waals surface area (Å²) < 4.78 is 5.17. The Morgan fingerprint density at radius 2 is 2.12 bits per heavy atom. The second kappa shape index (κ2) is 5.15. The van der Waals surface area contributed by atoms with Gasteiger partial charge in [0.15, 0.2) is 0 Å². The summed E-state index contributed by atoms with van der Waals surface area (Å²) in [6, 6.07) is 0. The Balaban J connectivity index is 1.75. The van der Waals surface area contributed by atoms with E-state index in [0.717, 1.165) is 32.1 Å². The highest BCUT2D eigenvalue weighted by Gasteiger charge is 2.31. The molecule has 0 aromatic heterocycles. The third-order valence-electron chi connectivity index (χ3n) is 3.68. The zero-order chi connectivity index (χ0) is 11.4. The molecule has 0 aromatic carbocycles. The van der Waals surface area contributed by atoms with Gasteiger partial charge < -0.3 is 15.2 Å². The fourth-order valence-electron chi connectivity index (χ4n) is 2.52. The van der Waals surface area contributed by atoms with Crippen LogP contribution in [-0.4, -0.2) is 36.4 Å². The van der Waals surface area contributed by atoms with E-state index in [2.05, 4.69) is 5.32 Å². The molecule has 0 bridgehead atoms. The summed E-state index contributed by atoms with van der Waals surface area (Å²) in [6.07, 6.45) is 5.78. The van der Waals surface area contributed by atoms with Gasteiger partial charge in [0.1, 0.15) is 0 Å². The Labute approximate surface area is 96.4 Å². The van der Waals surface area contributed by atoms with E-state index in [9.17, 15) is 9.90 Å². The zero-order valence-electron chi connectivity index (χ0n) is 9.71. The number of aliphatic hydroxyl groups is 1. The van der Waals surface area contributed by atoms with E-state index in [0.29, 0.717) is 19.8 Å². The molecule has 1 amide bonds. The topological polar surface area (TPSA) is 58.6 Å². The van der Waals surface area contributed by atoms with Crippen LogP contribution in [0.4, 0.5) is 0 Å². The molecule has 4 heteroatoms. The summed E-state index contributed by atoms with van der Waals surface area (Å²) in [5.74, 6) is 0.0312. The van der Waals surface area contributed by atoms with E-state index >= 15 is 0 Å². The van der Waals surface area contributed by atoms with Gasteiger partial charge in [-0.25, -0.2) is 0 Å². The highest BCUT2D eigenvalue weighted by atomic mass is 16.5. The maximum Gasteiger partial charge on any atom is 0.225 e. The smallest absolute Gasteiger partial charge is 0.225 e. The Morgan fingerprint density at radius 3 is 2.75 bits per heavy atom. The Hall–Kier alpha value is -0.610. The molecule has 2 fully saturated rings. The van der Waals surface area contributed by atoms with Gasteiger partial charge in [-0.15, -0.1) is 0 Å². The minimum atomic E-state index is -0.659. The lowest BCUT2D eigenvalue weighted by molar-refractivity contribution is -0.126. The minimum Gasteiger partial charge on any atom is -0.388 e. The molecule has 0 spiro atoms. The van der Waals surface area contributed by atoms with Crippen molar-refractivity contribution >= 4 is 5.91 Å². The normalized spacial score (nSPS) is 28.9. The molecule has 1 aliphatic heterocycles. The molecule has 16 heavy (non-hydrogen) atoms. The van der Waals surface area contributed by atoms with Crippen molar-refractivity contribution in [3.8, 4) is 0 Å². The van der Waals surface area contributed by atoms with E-state index in [1.807, 2.05) is 0 Å². The van der Waals surface area contributed by atoms with E-state index in [1.165, 1.54) is 6.42 Å². The summed E-state index contributed by atoms with van der Waals surface area (Å²) in [4.78, 5) is 11.7. The molecule has 1 heterocycles. The lowest BCUT2D eigenvalue weighted by Gasteiger charge is -2.32. The highest BCUT2D eigenvalue weighted by Crippen LogP contribution is 2.27. The van der Waals surface area contributed by atoms with Gasteiger partial charge in [-0.1, -0.05) is 19.3 Å². The minimum absolute atomic E-state index is 0.00723. The number of hydrogen-bond acceptors (Lipinski definition) is 3. The first-order valence-electron chi connectivity index (χ1n) is 6.27. The molecule has 0 aromatic rings. The molecule has 1 aliphatic carbocycles. The number of ether oxygens (including phenoxy) is 1. The van der Waals surface area contributed by atoms with Crippen LogP contribution in [0.1, 0.15) is 38.5 Å². The predicted molar refractivity (Wildman–Crippen MR) is 60.0 cm³/mol. The van der Waals surface area contributed by atoms with Crippen molar-refractivity contribution < 1.29 is 14.6 Å². The summed E-state index contributed by atoms with van der Waals surface area (Å²) in [6.45, 7) is 1.62. The van der Waals surface area contributed by atoms with Gasteiger partial charge in [-0.2, -0.15) is 0 Å². The van der Waals surface area contributed by atoms with Gasteiger partial charge in [0.25, 0.3) is 0 Å². The molecule has 1 atom stereocenters. The third kappa shape index (κ3) is 2.95. The molecule has 0 radical (unpaired) electrons. The molecule has 2 rings (SSSR count). The first-order chi connectivity index (χ1) is 7.70. The molecular weight excluding hydrogens is 206 g/mol. The zero-order valence-corrected chi connectivity index (χ0v) is 9.71. The summed E-state index contributed by atoms with van der Waals surface area (Å²) in [5.41, 5.74) is -0.659. The van der Waals surface area contributed by atoms with Crippen molar-refractivity contribution in [3.63, 3.8) is 0 Å². The van der Waals surface area contributed by atoms with Crippen LogP contribution < -0.4 is 5.32 Å². The van der Waals surface area contributed by atoms with Crippen molar-refractivity contribution in [1.82, 2.24) is 5.32 Å². The fraction of sp³-hybridized carbons (Fsp3) is 0.917. The van der Waals surface area contributed by atoms with Crippen LogP contribution in [-0.2, 0) is 9.53 Å². The van der Waals surface area contributed by atoms with Gasteiger partial charge >= 0.3 is 0 Å². The van der Waals surface area contributed by atoms with Crippen LogP contribution in [0.5, 0.6) is 0 Å². The molecule has 4 nitrogen and oxygen atoms in total. The van der Waals surface area contributed by atoms with E-state index in [-0.39, 0.29) is 11.8 Å². The average Bonchev–Trinajstić information content (AvgIpc) is 2.80. The van der Waals surface area contributed by atoms with Crippen LogP contribution in [0.25, 0.3) is 0 Å². The Bertz CT molecular complexity index is 243.